The predicted molar refractivity (Wildman–Crippen MR) is 118 cm³/mol. The maximum absolute atomic E-state index is 13.4. The number of rotatable bonds is 6. The second-order valence-electron chi connectivity index (χ2n) is 7.82. The second kappa shape index (κ2) is 9.51. The molecule has 5 atom stereocenters. The molecule has 2 aromatic carbocycles. The molecule has 0 saturated carbocycles. The second-order valence-corrected chi connectivity index (χ2v) is 8.84. The van der Waals surface area contributed by atoms with E-state index in [4.69, 9.17) is 18.4 Å². The van der Waals surface area contributed by atoms with E-state index in [-0.39, 0.29) is 11.3 Å². The monoisotopic (exact) mass is 542 g/mol. The van der Waals surface area contributed by atoms with Gasteiger partial charge in [0.05, 0.1) is 0 Å². The van der Waals surface area contributed by atoms with Crippen LogP contribution in [0.4, 0.5) is 0 Å². The number of phenolic OH excluding ortho intramolecular Hbond substituents is 2. The lowest BCUT2D eigenvalue weighted by atomic mass is 9.99. The highest BCUT2D eigenvalue weighted by molar-refractivity contribution is 7.81. The number of benzene rings is 2. The predicted octanol–water partition coefficient (Wildman–Crippen LogP) is -0.676. The third kappa shape index (κ3) is 5.15. The van der Waals surface area contributed by atoms with Crippen molar-refractivity contribution in [1.82, 2.24) is 0 Å². The summed E-state index contributed by atoms with van der Waals surface area (Å²) in [7, 11) is -5.02. The van der Waals surface area contributed by atoms with Crippen LogP contribution in [0.2, 0.25) is 0 Å². The summed E-state index contributed by atoms with van der Waals surface area (Å²) in [5.41, 5.74) is -1.51. The summed E-state index contributed by atoms with van der Waals surface area (Å²) in [6, 6.07) is 6.45. The fraction of sp³-hybridized carbons (Fsp3) is 0.238. The van der Waals surface area contributed by atoms with E-state index in [1.165, 1.54) is 24.3 Å². The van der Waals surface area contributed by atoms with Gasteiger partial charge in [-0.15, -0.1) is 0 Å². The fourth-order valence-electron chi connectivity index (χ4n) is 3.60. The van der Waals surface area contributed by atoms with Gasteiger partial charge in [-0.3, -0.25) is 9.35 Å². The van der Waals surface area contributed by atoms with Crippen LogP contribution in [0.5, 0.6) is 23.0 Å². The third-order valence-corrected chi connectivity index (χ3v) is 5.69. The summed E-state index contributed by atoms with van der Waals surface area (Å²) in [4.78, 5) is 24.8. The molecule has 0 aliphatic carbocycles. The number of aliphatic hydroxyl groups excluding tert-OH is 3. The molecule has 37 heavy (non-hydrogen) atoms. The van der Waals surface area contributed by atoms with Crippen LogP contribution < -0.4 is 14.3 Å². The number of carboxylic acid groups (broad SMARTS) is 1. The zero-order valence-corrected chi connectivity index (χ0v) is 19.0. The lowest BCUT2D eigenvalue weighted by Crippen LogP contribution is -2.61. The largest absolute Gasteiger partial charge is 0.508 e. The van der Waals surface area contributed by atoms with Crippen LogP contribution in [0.25, 0.3) is 22.3 Å². The molecule has 1 aliphatic heterocycles. The van der Waals surface area contributed by atoms with E-state index < -0.39 is 86.5 Å². The molecule has 0 bridgehead atoms. The van der Waals surface area contributed by atoms with Gasteiger partial charge in [0.25, 0.3) is 0 Å². The summed E-state index contributed by atoms with van der Waals surface area (Å²) in [6.07, 6.45) is -10.2. The molecular weight excluding hydrogens is 524 g/mol. The number of hydrogen-bond donors (Lipinski definition) is 7. The van der Waals surface area contributed by atoms with Gasteiger partial charge in [-0.05, 0) is 24.3 Å². The Bertz CT molecular complexity index is 1510. The molecule has 1 aromatic heterocycles. The number of carboxylic acids is 1. The minimum absolute atomic E-state index is 0.0630. The van der Waals surface area contributed by atoms with Crippen molar-refractivity contribution in [1.29, 1.82) is 0 Å². The number of aliphatic hydroxyl groups is 3. The van der Waals surface area contributed by atoms with E-state index in [1.807, 2.05) is 0 Å². The summed E-state index contributed by atoms with van der Waals surface area (Å²) >= 11 is 0. The molecule has 0 unspecified atom stereocenters. The zero-order valence-electron chi connectivity index (χ0n) is 18.2. The Morgan fingerprint density at radius 3 is 2.22 bits per heavy atom. The average Bonchev–Trinajstić information content (AvgIpc) is 2.79. The SMILES string of the molecule is O=C(O)[C@H]1O[C@@H](Oc2c(-c3ccc(O)cc3)oc3cc(OS(=O)(=O)O)cc(O)c3c2=O)[C@H](O)[C@H](O)[C@H]1O. The normalized spacial score (nSPS) is 24.1. The first-order chi connectivity index (χ1) is 17.3. The van der Waals surface area contributed by atoms with E-state index in [0.29, 0.717) is 6.07 Å². The summed E-state index contributed by atoms with van der Waals surface area (Å²) in [6.45, 7) is 0. The van der Waals surface area contributed by atoms with Crippen molar-refractivity contribution >= 4 is 27.3 Å². The highest BCUT2D eigenvalue weighted by Gasteiger charge is 2.48. The van der Waals surface area contributed by atoms with Gasteiger partial charge in [-0.1, -0.05) is 0 Å². The molecule has 1 saturated heterocycles. The molecule has 1 fully saturated rings. The van der Waals surface area contributed by atoms with Crippen molar-refractivity contribution in [2.45, 2.75) is 30.7 Å². The quantitative estimate of drug-likeness (QED) is 0.191. The number of aromatic hydroxyl groups is 2. The van der Waals surface area contributed by atoms with Gasteiger partial charge in [-0.2, -0.15) is 8.42 Å². The topological polar surface area (TPSA) is 251 Å². The standard InChI is InChI=1S/C21H18O15S/c22-8-3-1-7(2-4-8)17-18(34-21-16(27)14(25)15(26)19(35-21)20(28)29)13(24)12-10(23)5-9(6-11(12)33-17)36-37(30,31)32/h1-6,14-16,19,21-23,25-27H,(H,28,29)(H,30,31,32)/t14-,15-,16-,19+,21-/m1/s1. The minimum atomic E-state index is -5.02. The highest BCUT2D eigenvalue weighted by atomic mass is 32.3. The van der Waals surface area contributed by atoms with Gasteiger partial charge < -0.3 is 48.7 Å². The van der Waals surface area contributed by atoms with Crippen molar-refractivity contribution < 1.29 is 66.5 Å². The van der Waals surface area contributed by atoms with Crippen LogP contribution in [-0.2, 0) is 19.9 Å². The number of ether oxygens (including phenoxy) is 2. The fourth-order valence-corrected chi connectivity index (χ4v) is 3.94. The van der Waals surface area contributed by atoms with Crippen molar-refractivity contribution in [3.8, 4) is 34.3 Å². The molecule has 2 heterocycles. The van der Waals surface area contributed by atoms with Gasteiger partial charge in [0.15, 0.2) is 17.6 Å². The van der Waals surface area contributed by atoms with Gasteiger partial charge >= 0.3 is 16.4 Å². The molecule has 16 heteroatoms. The van der Waals surface area contributed by atoms with Gasteiger partial charge in [0, 0.05) is 17.7 Å². The van der Waals surface area contributed by atoms with Crippen molar-refractivity contribution in [2.75, 3.05) is 0 Å². The van der Waals surface area contributed by atoms with Crippen molar-refractivity contribution in [3.63, 3.8) is 0 Å². The molecule has 4 rings (SSSR count). The molecular formula is C21H18O15S. The maximum Gasteiger partial charge on any atom is 0.446 e. The average molecular weight is 542 g/mol. The molecule has 1 aliphatic rings. The van der Waals surface area contributed by atoms with Crippen molar-refractivity contribution in [3.05, 3.63) is 46.6 Å². The Kier molecular flexibility index (Phi) is 6.72. The Labute approximate surface area is 205 Å². The number of phenols is 2. The van der Waals surface area contributed by atoms with E-state index in [1.54, 1.807) is 0 Å². The van der Waals surface area contributed by atoms with Crippen LogP contribution in [0.15, 0.2) is 45.6 Å². The van der Waals surface area contributed by atoms with Crippen LogP contribution in [-0.4, -0.2) is 80.3 Å². The van der Waals surface area contributed by atoms with E-state index >= 15 is 0 Å². The number of aliphatic carboxylic acids is 1. The lowest BCUT2D eigenvalue weighted by molar-refractivity contribution is -0.271. The molecule has 198 valence electrons. The Morgan fingerprint density at radius 1 is 0.973 bits per heavy atom. The van der Waals surface area contributed by atoms with Crippen molar-refractivity contribution in [2.24, 2.45) is 0 Å². The number of carbonyl (C=O) groups is 1. The van der Waals surface area contributed by atoms with Crippen LogP contribution >= 0.6 is 0 Å². The minimum Gasteiger partial charge on any atom is -0.508 e. The van der Waals surface area contributed by atoms with E-state index in [0.717, 1.165) is 6.07 Å². The number of fused-ring (bicyclic) bond motifs is 1. The first-order valence-electron chi connectivity index (χ1n) is 10.2. The third-order valence-electron chi connectivity index (χ3n) is 5.28. The van der Waals surface area contributed by atoms with Crippen LogP contribution in [0.1, 0.15) is 0 Å². The van der Waals surface area contributed by atoms with E-state index in [9.17, 15) is 48.6 Å². The van der Waals surface area contributed by atoms with Crippen LogP contribution in [0.3, 0.4) is 0 Å². The van der Waals surface area contributed by atoms with Gasteiger partial charge in [-0.25, -0.2) is 4.79 Å². The smallest absolute Gasteiger partial charge is 0.446 e. The maximum atomic E-state index is 13.4. The Hall–Kier alpha value is -3.93. The zero-order chi connectivity index (χ0) is 27.2. The first kappa shape index (κ1) is 26.1. The van der Waals surface area contributed by atoms with Gasteiger partial charge in [0.2, 0.25) is 17.5 Å². The highest BCUT2D eigenvalue weighted by Crippen LogP contribution is 2.38. The molecule has 15 nitrogen and oxygen atoms in total. The molecule has 7 N–H and O–H groups in total. The summed E-state index contributed by atoms with van der Waals surface area (Å²) in [5, 5.41) is 58.9. The summed E-state index contributed by atoms with van der Waals surface area (Å²) in [5.74, 6) is -4.58. The Morgan fingerprint density at radius 2 is 1.62 bits per heavy atom. The number of hydrogen-bond acceptors (Lipinski definition) is 13. The first-order valence-corrected chi connectivity index (χ1v) is 11.5. The van der Waals surface area contributed by atoms with Crippen LogP contribution in [0, 0.1) is 0 Å². The molecule has 0 spiro atoms. The molecule has 0 amide bonds. The Balaban J connectivity index is 1.90. The van der Waals surface area contributed by atoms with E-state index in [2.05, 4.69) is 4.18 Å². The molecule has 3 aromatic rings. The summed E-state index contributed by atoms with van der Waals surface area (Å²) < 4.78 is 51.5. The lowest BCUT2D eigenvalue weighted by Gasteiger charge is -2.38. The van der Waals surface area contributed by atoms with Gasteiger partial charge in [0.1, 0.15) is 40.8 Å². The molecule has 0 radical (unpaired) electrons.